The van der Waals surface area contributed by atoms with E-state index in [1.54, 1.807) is 6.92 Å². The second kappa shape index (κ2) is 5.39. The van der Waals surface area contributed by atoms with Gasteiger partial charge in [0, 0.05) is 18.9 Å². The maximum absolute atomic E-state index is 10.7. The molecular weight excluding hydrogens is 240 g/mol. The molecule has 18 heavy (non-hydrogen) atoms. The van der Waals surface area contributed by atoms with E-state index in [0.29, 0.717) is 5.56 Å². The van der Waals surface area contributed by atoms with E-state index in [-0.39, 0.29) is 12.0 Å². The van der Waals surface area contributed by atoms with E-state index in [9.17, 15) is 19.8 Å². The van der Waals surface area contributed by atoms with Crippen LogP contribution in [0.3, 0.4) is 0 Å². The minimum Gasteiger partial charge on any atom is -0.504 e. The molecule has 0 saturated heterocycles. The maximum Gasteiger partial charge on any atom is 0.339 e. The van der Waals surface area contributed by atoms with Crippen LogP contribution in [0.1, 0.15) is 29.8 Å². The predicted molar refractivity (Wildman–Crippen MR) is 61.7 cm³/mol. The van der Waals surface area contributed by atoms with Crippen molar-refractivity contribution < 1.29 is 29.6 Å². The van der Waals surface area contributed by atoms with Gasteiger partial charge < -0.3 is 20.1 Å². The summed E-state index contributed by atoms with van der Waals surface area (Å²) in [5, 5.41) is 27.9. The number of benzene rings is 1. The molecule has 1 aromatic carbocycles. The summed E-state index contributed by atoms with van der Waals surface area (Å²) in [6.07, 6.45) is -0.303. The Kier molecular flexibility index (Phi) is 4.14. The molecule has 1 atom stereocenters. The first-order valence-electron chi connectivity index (χ1n) is 5.27. The number of carbonyl (C=O) groups excluding carboxylic acids is 1. The number of phenolic OH excluding ortho intramolecular Hbond substituents is 1. The molecule has 98 valence electrons. The van der Waals surface area contributed by atoms with Crippen molar-refractivity contribution in [3.05, 3.63) is 23.3 Å². The fourth-order valence-corrected chi connectivity index (χ4v) is 1.59. The smallest absolute Gasteiger partial charge is 0.339 e. The number of ether oxygens (including phenoxy) is 1. The Morgan fingerprint density at radius 1 is 1.28 bits per heavy atom. The zero-order valence-electron chi connectivity index (χ0n) is 10.0. The van der Waals surface area contributed by atoms with Crippen molar-refractivity contribution >= 4 is 11.9 Å². The molecule has 1 aromatic rings. The van der Waals surface area contributed by atoms with E-state index in [1.165, 1.54) is 19.1 Å². The summed E-state index contributed by atoms with van der Waals surface area (Å²) in [4.78, 5) is 21.4. The van der Waals surface area contributed by atoms with Crippen LogP contribution in [0.25, 0.3) is 0 Å². The molecule has 0 bridgehead atoms. The van der Waals surface area contributed by atoms with Gasteiger partial charge >= 0.3 is 11.9 Å². The maximum atomic E-state index is 10.7. The summed E-state index contributed by atoms with van der Waals surface area (Å²) >= 11 is 0. The largest absolute Gasteiger partial charge is 0.504 e. The number of esters is 1. The third-order valence-corrected chi connectivity index (χ3v) is 2.34. The van der Waals surface area contributed by atoms with Crippen LogP contribution < -0.4 is 0 Å². The van der Waals surface area contributed by atoms with Gasteiger partial charge in [-0.2, -0.15) is 0 Å². The minimum absolute atomic E-state index is 0.179. The van der Waals surface area contributed by atoms with Crippen LogP contribution in [-0.4, -0.2) is 33.4 Å². The third-order valence-electron chi connectivity index (χ3n) is 2.34. The van der Waals surface area contributed by atoms with Gasteiger partial charge in [0.25, 0.3) is 0 Å². The number of rotatable bonds is 4. The predicted octanol–water partition coefficient (Wildman–Crippen LogP) is 1.29. The lowest BCUT2D eigenvalue weighted by Gasteiger charge is -2.14. The average Bonchev–Trinajstić information content (AvgIpc) is 2.23. The summed E-state index contributed by atoms with van der Waals surface area (Å²) in [5.74, 6) is -2.97. The van der Waals surface area contributed by atoms with Gasteiger partial charge in [0.1, 0.15) is 11.7 Å². The quantitative estimate of drug-likeness (QED) is 0.552. The van der Waals surface area contributed by atoms with Crippen LogP contribution >= 0.6 is 0 Å². The molecule has 0 aliphatic rings. The highest BCUT2D eigenvalue weighted by Gasteiger charge is 2.18. The van der Waals surface area contributed by atoms with Gasteiger partial charge in [-0.05, 0) is 13.0 Å². The van der Waals surface area contributed by atoms with Crippen LogP contribution in [-0.2, 0) is 16.0 Å². The molecule has 6 nitrogen and oxygen atoms in total. The van der Waals surface area contributed by atoms with E-state index < -0.39 is 29.5 Å². The molecule has 0 aliphatic carbocycles. The fraction of sp³-hybridized carbons (Fsp3) is 0.333. The lowest BCUT2D eigenvalue weighted by Crippen LogP contribution is -2.15. The molecule has 0 unspecified atom stereocenters. The number of carboxylic acids is 1. The highest BCUT2D eigenvalue weighted by atomic mass is 16.5. The number of hydrogen-bond acceptors (Lipinski definition) is 5. The molecule has 0 aliphatic heterocycles. The number of carbonyl (C=O) groups is 2. The molecule has 0 spiro atoms. The molecule has 0 fully saturated rings. The molecular formula is C12H14O6. The van der Waals surface area contributed by atoms with Gasteiger partial charge in [-0.15, -0.1) is 0 Å². The van der Waals surface area contributed by atoms with Crippen LogP contribution in [0.2, 0.25) is 0 Å². The Bertz CT molecular complexity index is 480. The van der Waals surface area contributed by atoms with E-state index in [1.807, 2.05) is 0 Å². The Morgan fingerprint density at radius 2 is 1.89 bits per heavy atom. The van der Waals surface area contributed by atoms with Crippen molar-refractivity contribution in [1.29, 1.82) is 0 Å². The first-order chi connectivity index (χ1) is 8.32. The molecule has 6 heteroatoms. The Hall–Kier alpha value is -2.24. The second-order valence-electron chi connectivity index (χ2n) is 3.90. The van der Waals surface area contributed by atoms with Crippen molar-refractivity contribution in [2.24, 2.45) is 0 Å². The van der Waals surface area contributed by atoms with Crippen molar-refractivity contribution in [2.75, 3.05) is 0 Å². The molecule has 0 aromatic heterocycles. The Labute approximate surface area is 103 Å². The topological polar surface area (TPSA) is 104 Å². The third kappa shape index (κ3) is 3.13. The number of carboxylic acid groups (broad SMARTS) is 1. The Balaban J connectivity index is 2.95. The van der Waals surface area contributed by atoms with Gasteiger partial charge in [-0.3, -0.25) is 4.79 Å². The van der Waals surface area contributed by atoms with E-state index in [2.05, 4.69) is 0 Å². The monoisotopic (exact) mass is 254 g/mol. The van der Waals surface area contributed by atoms with Crippen LogP contribution in [0.5, 0.6) is 11.5 Å². The number of phenols is 2. The van der Waals surface area contributed by atoms with Crippen LogP contribution in [0, 0.1) is 0 Å². The van der Waals surface area contributed by atoms with Gasteiger partial charge in [0.2, 0.25) is 0 Å². The van der Waals surface area contributed by atoms with E-state index in [4.69, 9.17) is 9.84 Å². The number of aromatic carboxylic acids is 1. The van der Waals surface area contributed by atoms with Gasteiger partial charge in [0.05, 0.1) is 0 Å². The molecule has 0 heterocycles. The molecule has 1 rings (SSSR count). The van der Waals surface area contributed by atoms with Crippen molar-refractivity contribution in [3.8, 4) is 11.5 Å². The van der Waals surface area contributed by atoms with Crippen molar-refractivity contribution in [3.63, 3.8) is 0 Å². The summed E-state index contributed by atoms with van der Waals surface area (Å²) in [5.41, 5.74) is -0.0670. The second-order valence-corrected chi connectivity index (χ2v) is 3.90. The van der Waals surface area contributed by atoms with Gasteiger partial charge in [0.15, 0.2) is 11.5 Å². The first kappa shape index (κ1) is 13.8. The lowest BCUT2D eigenvalue weighted by atomic mass is 10.0. The fourth-order valence-electron chi connectivity index (χ4n) is 1.59. The lowest BCUT2D eigenvalue weighted by molar-refractivity contribution is -0.145. The first-order valence-corrected chi connectivity index (χ1v) is 5.27. The summed E-state index contributed by atoms with van der Waals surface area (Å²) in [7, 11) is 0. The SMILES string of the molecule is CC(=O)O[C@H](C)Cc1ccc(C(=O)O)c(O)c1O. The summed E-state index contributed by atoms with van der Waals surface area (Å²) in [6, 6.07) is 2.56. The number of aromatic hydroxyl groups is 2. The molecule has 0 radical (unpaired) electrons. The zero-order valence-corrected chi connectivity index (χ0v) is 10.0. The van der Waals surface area contributed by atoms with Gasteiger partial charge in [-0.25, -0.2) is 4.79 Å². The highest BCUT2D eigenvalue weighted by Crippen LogP contribution is 2.33. The van der Waals surface area contributed by atoms with E-state index in [0.717, 1.165) is 0 Å². The van der Waals surface area contributed by atoms with Crippen LogP contribution in [0.15, 0.2) is 12.1 Å². The van der Waals surface area contributed by atoms with E-state index >= 15 is 0 Å². The summed E-state index contributed by atoms with van der Waals surface area (Å²) < 4.78 is 4.88. The zero-order chi connectivity index (χ0) is 13.9. The highest BCUT2D eigenvalue weighted by molar-refractivity contribution is 5.92. The van der Waals surface area contributed by atoms with Crippen molar-refractivity contribution in [2.45, 2.75) is 26.4 Å². The average molecular weight is 254 g/mol. The Morgan fingerprint density at radius 3 is 2.39 bits per heavy atom. The molecule has 0 saturated carbocycles. The summed E-state index contributed by atoms with van der Waals surface area (Å²) in [6.45, 7) is 2.89. The van der Waals surface area contributed by atoms with Gasteiger partial charge in [-0.1, -0.05) is 6.07 Å². The normalized spacial score (nSPS) is 11.9. The van der Waals surface area contributed by atoms with Crippen molar-refractivity contribution in [1.82, 2.24) is 0 Å². The molecule has 3 N–H and O–H groups in total. The number of hydrogen-bond donors (Lipinski definition) is 3. The minimum atomic E-state index is -1.33. The molecule has 0 amide bonds. The van der Waals surface area contributed by atoms with Crippen LogP contribution in [0.4, 0.5) is 0 Å². The standard InChI is InChI=1S/C12H14O6/c1-6(18-7(2)13)5-8-3-4-9(12(16)17)11(15)10(8)14/h3-4,6,14-15H,5H2,1-2H3,(H,16,17)/t6-/m1/s1.